The lowest BCUT2D eigenvalue weighted by atomic mass is 10.3. The summed E-state index contributed by atoms with van der Waals surface area (Å²) in [6.07, 6.45) is 2.60. The van der Waals surface area contributed by atoms with Gasteiger partial charge in [-0.25, -0.2) is 14.4 Å². The zero-order chi connectivity index (χ0) is 15.4. The predicted molar refractivity (Wildman–Crippen MR) is 89.4 cm³/mol. The number of fused-ring (bicyclic) bond motifs is 1. The minimum Gasteiger partial charge on any atom is -0.490 e. The Morgan fingerprint density at radius 2 is 2.14 bits per heavy atom. The number of thioether (sulfide) groups is 1. The highest BCUT2D eigenvalue weighted by molar-refractivity contribution is 7.99. The van der Waals surface area contributed by atoms with Gasteiger partial charge in [0.15, 0.2) is 11.6 Å². The predicted octanol–water partition coefficient (Wildman–Crippen LogP) is 4.56. The van der Waals surface area contributed by atoms with Crippen molar-refractivity contribution in [3.8, 4) is 5.75 Å². The van der Waals surface area contributed by atoms with Crippen LogP contribution in [-0.2, 0) is 6.42 Å². The molecule has 3 nitrogen and oxygen atoms in total. The largest absolute Gasteiger partial charge is 0.490 e. The molecule has 0 atom stereocenters. The molecule has 0 fully saturated rings. The van der Waals surface area contributed by atoms with E-state index in [9.17, 15) is 4.39 Å². The van der Waals surface area contributed by atoms with E-state index in [1.54, 1.807) is 47.6 Å². The second-order valence-corrected chi connectivity index (χ2v) is 6.79. The summed E-state index contributed by atoms with van der Waals surface area (Å²) in [6, 6.07) is 8.59. The number of halogens is 1. The van der Waals surface area contributed by atoms with Crippen molar-refractivity contribution in [3.05, 3.63) is 47.4 Å². The number of ether oxygens (including phenoxy) is 1. The smallest absolute Gasteiger partial charge is 0.165 e. The number of para-hydroxylation sites is 1. The molecular weight excluding hydrogens is 319 g/mol. The Hall–Kier alpha value is -1.66. The summed E-state index contributed by atoms with van der Waals surface area (Å²) in [5, 5.41) is 2.05. The monoisotopic (exact) mass is 334 g/mol. The first-order chi connectivity index (χ1) is 10.8. The van der Waals surface area contributed by atoms with E-state index in [1.165, 1.54) is 10.9 Å². The number of nitrogens with zero attached hydrogens (tertiary/aromatic N) is 2. The molecular formula is C16H15FN2OS2. The van der Waals surface area contributed by atoms with Crippen molar-refractivity contribution in [3.63, 3.8) is 0 Å². The maximum absolute atomic E-state index is 13.4. The molecule has 22 heavy (non-hydrogen) atoms. The van der Waals surface area contributed by atoms with Crippen LogP contribution in [0.4, 0.5) is 4.39 Å². The van der Waals surface area contributed by atoms with Crippen molar-refractivity contribution in [2.24, 2.45) is 0 Å². The van der Waals surface area contributed by atoms with E-state index in [0.29, 0.717) is 18.1 Å². The summed E-state index contributed by atoms with van der Waals surface area (Å²) in [5.41, 5.74) is 0. The first-order valence-corrected chi connectivity index (χ1v) is 8.81. The molecule has 0 saturated heterocycles. The Morgan fingerprint density at radius 3 is 2.95 bits per heavy atom. The average Bonchev–Trinajstić information content (AvgIpc) is 2.97. The number of thiophene rings is 1. The second-order valence-electron chi connectivity index (χ2n) is 4.59. The van der Waals surface area contributed by atoms with E-state index in [1.807, 2.05) is 0 Å². The van der Waals surface area contributed by atoms with Crippen molar-refractivity contribution < 1.29 is 9.13 Å². The molecule has 0 radical (unpaired) electrons. The third-order valence-corrected chi connectivity index (χ3v) is 5.27. The van der Waals surface area contributed by atoms with Crippen LogP contribution in [0.5, 0.6) is 5.75 Å². The Labute approximate surface area is 136 Å². The van der Waals surface area contributed by atoms with Crippen molar-refractivity contribution in [1.29, 1.82) is 0 Å². The quantitative estimate of drug-likeness (QED) is 0.376. The van der Waals surface area contributed by atoms with Crippen LogP contribution in [0.3, 0.4) is 0 Å². The van der Waals surface area contributed by atoms with E-state index < -0.39 is 0 Å². The van der Waals surface area contributed by atoms with E-state index >= 15 is 0 Å². The molecule has 1 aromatic carbocycles. The van der Waals surface area contributed by atoms with Crippen molar-refractivity contribution >= 4 is 33.3 Å². The summed E-state index contributed by atoms with van der Waals surface area (Å²) in [7, 11) is 0. The summed E-state index contributed by atoms with van der Waals surface area (Å²) in [4.78, 5) is 11.0. The molecule has 2 aromatic heterocycles. The molecule has 0 unspecified atom stereocenters. The van der Waals surface area contributed by atoms with Crippen LogP contribution < -0.4 is 4.74 Å². The van der Waals surface area contributed by atoms with Gasteiger partial charge in [-0.3, -0.25) is 0 Å². The molecule has 0 saturated carbocycles. The fourth-order valence-corrected chi connectivity index (χ4v) is 3.82. The lowest BCUT2D eigenvalue weighted by molar-refractivity contribution is 0.325. The Morgan fingerprint density at radius 1 is 1.27 bits per heavy atom. The highest BCUT2D eigenvalue weighted by Crippen LogP contribution is 2.30. The molecule has 0 spiro atoms. The zero-order valence-corrected chi connectivity index (χ0v) is 13.7. The van der Waals surface area contributed by atoms with Gasteiger partial charge in [0, 0.05) is 16.0 Å². The van der Waals surface area contributed by atoms with Crippen LogP contribution in [0.25, 0.3) is 10.2 Å². The van der Waals surface area contributed by atoms with Crippen molar-refractivity contribution in [2.45, 2.75) is 18.4 Å². The molecule has 3 rings (SSSR count). The molecule has 2 heterocycles. The maximum atomic E-state index is 13.4. The van der Waals surface area contributed by atoms with Crippen LogP contribution >= 0.6 is 23.1 Å². The van der Waals surface area contributed by atoms with Gasteiger partial charge in [0.1, 0.15) is 16.2 Å². The molecule has 0 aliphatic carbocycles. The van der Waals surface area contributed by atoms with Gasteiger partial charge in [0.25, 0.3) is 0 Å². The number of hydrogen-bond acceptors (Lipinski definition) is 5. The van der Waals surface area contributed by atoms with Crippen molar-refractivity contribution in [2.75, 3.05) is 12.4 Å². The topological polar surface area (TPSA) is 35.0 Å². The average molecular weight is 334 g/mol. The van der Waals surface area contributed by atoms with E-state index in [2.05, 4.69) is 23.0 Å². The zero-order valence-electron chi connectivity index (χ0n) is 12.1. The van der Waals surface area contributed by atoms with Gasteiger partial charge in [-0.1, -0.05) is 19.1 Å². The number of rotatable bonds is 6. The first kappa shape index (κ1) is 15.2. The van der Waals surface area contributed by atoms with Crippen LogP contribution in [0.1, 0.15) is 11.8 Å². The summed E-state index contributed by atoms with van der Waals surface area (Å²) in [6.45, 7) is 2.56. The molecule has 0 aliphatic heterocycles. The minimum absolute atomic E-state index is 0.291. The number of hydrogen-bond donors (Lipinski definition) is 0. The van der Waals surface area contributed by atoms with Gasteiger partial charge in [-0.2, -0.15) is 0 Å². The maximum Gasteiger partial charge on any atom is 0.165 e. The summed E-state index contributed by atoms with van der Waals surface area (Å²) >= 11 is 3.31. The van der Waals surface area contributed by atoms with Crippen molar-refractivity contribution in [1.82, 2.24) is 9.97 Å². The Bertz CT molecular complexity index is 776. The van der Waals surface area contributed by atoms with Gasteiger partial charge in [0.2, 0.25) is 0 Å². The SMILES string of the molecule is CCc1cc2c(SCCOc3ccccc3F)ncnc2s1. The van der Waals surface area contributed by atoms with E-state index in [4.69, 9.17) is 4.74 Å². The molecule has 114 valence electrons. The molecule has 3 aromatic rings. The fraction of sp³-hybridized carbons (Fsp3) is 0.250. The normalized spacial score (nSPS) is 11.0. The highest BCUT2D eigenvalue weighted by Gasteiger charge is 2.09. The van der Waals surface area contributed by atoms with Crippen LogP contribution in [-0.4, -0.2) is 22.3 Å². The van der Waals surface area contributed by atoms with Gasteiger partial charge in [-0.05, 0) is 24.6 Å². The van der Waals surface area contributed by atoms with Gasteiger partial charge >= 0.3 is 0 Å². The molecule has 0 N–H and O–H groups in total. The highest BCUT2D eigenvalue weighted by atomic mass is 32.2. The standard InChI is InChI=1S/C16H15FN2OS2/c1-2-11-9-12-15(18-10-19-16(12)22-11)21-8-7-20-14-6-4-3-5-13(14)17/h3-6,9-10H,2,7-8H2,1H3. The minimum atomic E-state index is -0.331. The van der Waals surface area contributed by atoms with Gasteiger partial charge in [-0.15, -0.1) is 23.1 Å². The lowest BCUT2D eigenvalue weighted by Gasteiger charge is -2.06. The van der Waals surface area contributed by atoms with Gasteiger partial charge in [0.05, 0.1) is 6.61 Å². The number of benzene rings is 1. The van der Waals surface area contributed by atoms with E-state index in [0.717, 1.165) is 21.7 Å². The molecule has 0 aliphatic rings. The lowest BCUT2D eigenvalue weighted by Crippen LogP contribution is -2.02. The Kier molecular flexibility index (Phi) is 4.90. The summed E-state index contributed by atoms with van der Waals surface area (Å²) in [5.74, 6) is 0.666. The number of aryl methyl sites for hydroxylation is 1. The van der Waals surface area contributed by atoms with Crippen LogP contribution in [0.15, 0.2) is 41.7 Å². The first-order valence-electron chi connectivity index (χ1n) is 7.01. The van der Waals surface area contributed by atoms with Crippen LogP contribution in [0.2, 0.25) is 0 Å². The molecule has 0 bridgehead atoms. The number of aromatic nitrogens is 2. The third-order valence-electron chi connectivity index (χ3n) is 3.11. The third kappa shape index (κ3) is 3.39. The van der Waals surface area contributed by atoms with Crippen LogP contribution in [0, 0.1) is 5.82 Å². The fourth-order valence-electron chi connectivity index (χ4n) is 2.02. The van der Waals surface area contributed by atoms with Gasteiger partial charge < -0.3 is 4.74 Å². The Balaban J connectivity index is 1.62. The van der Waals surface area contributed by atoms with E-state index in [-0.39, 0.29) is 5.82 Å². The molecule has 6 heteroatoms. The molecule has 0 amide bonds. The summed E-state index contributed by atoms with van der Waals surface area (Å²) < 4.78 is 18.9. The second kappa shape index (κ2) is 7.07.